The minimum Gasteiger partial charge on any atom is -0.741 e. The van der Waals surface area contributed by atoms with Crippen LogP contribution in [0, 0.1) is 0 Å². The lowest BCUT2D eigenvalue weighted by molar-refractivity contribution is -0.0517. The van der Waals surface area contributed by atoms with E-state index in [1.165, 1.54) is 37.7 Å². The molecule has 8 heteroatoms. The topological polar surface area (TPSA) is 57.2 Å². The molecule has 0 aromatic rings. The van der Waals surface area contributed by atoms with Crippen LogP contribution in [0.5, 0.6) is 0 Å². The van der Waals surface area contributed by atoms with E-state index >= 15 is 0 Å². The van der Waals surface area contributed by atoms with Gasteiger partial charge in [-0.15, -0.1) is 0 Å². The Morgan fingerprint density at radius 1 is 0.950 bits per heavy atom. The molecule has 0 spiro atoms. The van der Waals surface area contributed by atoms with Crippen molar-refractivity contribution in [1.29, 1.82) is 0 Å². The highest BCUT2D eigenvalue weighted by Crippen LogP contribution is 2.58. The van der Waals surface area contributed by atoms with Crippen LogP contribution in [-0.2, 0) is 10.1 Å². The number of hydrogen-bond donors (Lipinski definition) is 0. The Hall–Kier alpha value is 0.130. The Labute approximate surface area is 121 Å². The first kappa shape index (κ1) is 22.4. The lowest BCUT2D eigenvalue weighted by Crippen LogP contribution is -2.21. The summed E-state index contributed by atoms with van der Waals surface area (Å²) in [5.74, 6) is 0. The van der Waals surface area contributed by atoms with Gasteiger partial charge in [-0.2, -0.15) is 13.2 Å². The molecule has 0 unspecified atom stereocenters. The van der Waals surface area contributed by atoms with Crippen LogP contribution >= 0.6 is 7.26 Å². The van der Waals surface area contributed by atoms with Gasteiger partial charge in [0.1, 0.15) is 0 Å². The largest absolute Gasteiger partial charge is 0.741 e. The molecular weight excluding hydrogens is 312 g/mol. The first-order valence-corrected chi connectivity index (χ1v) is 10.8. The summed E-state index contributed by atoms with van der Waals surface area (Å²) in [7, 11) is -6.56. The van der Waals surface area contributed by atoms with Gasteiger partial charge in [-0.25, -0.2) is 8.42 Å². The Balaban J connectivity index is 0. The maximum atomic E-state index is 10.7. The molecule has 0 aromatic carbocycles. The van der Waals surface area contributed by atoms with E-state index in [1.807, 2.05) is 0 Å². The molecule has 0 bridgehead atoms. The lowest BCUT2D eigenvalue weighted by Gasteiger charge is -2.23. The van der Waals surface area contributed by atoms with Crippen molar-refractivity contribution in [1.82, 2.24) is 0 Å². The number of halogens is 3. The van der Waals surface area contributed by atoms with E-state index in [1.54, 1.807) is 6.16 Å². The predicted octanol–water partition coefficient (Wildman–Crippen LogP) is 4.31. The first-order chi connectivity index (χ1) is 8.99. The van der Waals surface area contributed by atoms with Crippen molar-refractivity contribution in [3.8, 4) is 0 Å². The maximum absolute atomic E-state index is 10.7. The highest BCUT2D eigenvalue weighted by atomic mass is 32.2. The summed E-state index contributed by atoms with van der Waals surface area (Å²) in [6, 6.07) is 0. The molecule has 0 saturated heterocycles. The molecule has 0 saturated carbocycles. The van der Waals surface area contributed by atoms with Gasteiger partial charge in [-0.1, -0.05) is 19.8 Å². The van der Waals surface area contributed by atoms with E-state index in [2.05, 4.69) is 27.7 Å². The molecule has 20 heavy (non-hydrogen) atoms. The van der Waals surface area contributed by atoms with Crippen LogP contribution in [0.4, 0.5) is 13.2 Å². The molecule has 0 aliphatic heterocycles. The first-order valence-electron chi connectivity index (χ1n) is 6.86. The summed E-state index contributed by atoms with van der Waals surface area (Å²) < 4.78 is 58.9. The average Bonchev–Trinajstić information content (AvgIpc) is 2.34. The second-order valence-corrected chi connectivity index (χ2v) is 11.0. The molecular formula is C12H26F3O3PS. The average molecular weight is 338 g/mol. The van der Waals surface area contributed by atoms with Gasteiger partial charge in [0.15, 0.2) is 10.1 Å². The minimum atomic E-state index is -6.09. The summed E-state index contributed by atoms with van der Waals surface area (Å²) in [6.07, 6.45) is 10.3. The normalized spacial score (nSPS) is 12.8. The predicted molar refractivity (Wildman–Crippen MR) is 78.7 cm³/mol. The molecule has 0 radical (unpaired) electrons. The Morgan fingerprint density at radius 3 is 1.50 bits per heavy atom. The molecule has 0 N–H and O–H groups in total. The number of unbranched alkanes of at least 4 members (excludes halogenated alkanes) is 2. The standard InChI is InChI=1S/C11H26P.CHF3O3S/c1-5-9-10-11-12(6-2,7-3)8-4;2-1(3,4)8(5,6)7/h5-11H2,1-4H3;(H,5,6,7)/q+1;/p-1. The smallest absolute Gasteiger partial charge is 0.485 e. The van der Waals surface area contributed by atoms with Crippen molar-refractivity contribution in [2.45, 2.75) is 52.5 Å². The number of rotatable bonds is 7. The SMILES string of the molecule is CCCCC[P+](CC)(CC)CC.O=S(=O)([O-])C(F)(F)F. The highest BCUT2D eigenvalue weighted by Gasteiger charge is 2.36. The van der Waals surface area contributed by atoms with Gasteiger partial charge in [0.05, 0.1) is 24.6 Å². The van der Waals surface area contributed by atoms with Gasteiger partial charge in [-0.3, -0.25) is 0 Å². The van der Waals surface area contributed by atoms with E-state index in [4.69, 9.17) is 13.0 Å². The van der Waals surface area contributed by atoms with E-state index in [0.717, 1.165) is 0 Å². The zero-order valence-corrected chi connectivity index (χ0v) is 14.4. The van der Waals surface area contributed by atoms with Crippen LogP contribution < -0.4 is 0 Å². The van der Waals surface area contributed by atoms with Crippen molar-refractivity contribution in [2.75, 3.05) is 24.6 Å². The van der Waals surface area contributed by atoms with Gasteiger partial charge in [0.2, 0.25) is 0 Å². The summed E-state index contributed by atoms with van der Waals surface area (Å²) in [4.78, 5) is 0. The highest BCUT2D eigenvalue weighted by molar-refractivity contribution is 7.86. The molecule has 3 nitrogen and oxygen atoms in total. The van der Waals surface area contributed by atoms with Crippen LogP contribution in [0.15, 0.2) is 0 Å². The summed E-state index contributed by atoms with van der Waals surface area (Å²) >= 11 is 0. The van der Waals surface area contributed by atoms with Gasteiger partial charge in [0.25, 0.3) is 0 Å². The van der Waals surface area contributed by atoms with E-state index in [-0.39, 0.29) is 0 Å². The number of hydrogen-bond acceptors (Lipinski definition) is 3. The zero-order valence-electron chi connectivity index (χ0n) is 12.7. The lowest BCUT2D eigenvalue weighted by atomic mass is 10.3. The summed E-state index contributed by atoms with van der Waals surface area (Å²) in [5.41, 5.74) is -5.65. The van der Waals surface area contributed by atoms with Crippen LogP contribution in [0.25, 0.3) is 0 Å². The van der Waals surface area contributed by atoms with Crippen LogP contribution in [0.3, 0.4) is 0 Å². The summed E-state index contributed by atoms with van der Waals surface area (Å²) in [6.45, 7) is 9.48. The van der Waals surface area contributed by atoms with Crippen molar-refractivity contribution >= 4 is 17.4 Å². The van der Waals surface area contributed by atoms with Gasteiger partial charge >= 0.3 is 5.51 Å². The molecule has 124 valence electrons. The van der Waals surface area contributed by atoms with Crippen molar-refractivity contribution in [3.05, 3.63) is 0 Å². The molecule has 0 fully saturated rings. The molecule has 0 aromatic heterocycles. The number of alkyl halides is 3. The fourth-order valence-corrected chi connectivity index (χ4v) is 5.03. The van der Waals surface area contributed by atoms with Crippen molar-refractivity contribution in [3.63, 3.8) is 0 Å². The fraction of sp³-hybridized carbons (Fsp3) is 1.00. The van der Waals surface area contributed by atoms with Crippen LogP contribution in [0.1, 0.15) is 47.0 Å². The zero-order chi connectivity index (χ0) is 16.4. The van der Waals surface area contributed by atoms with Gasteiger partial charge in [0, 0.05) is 7.26 Å². The molecule has 0 aliphatic carbocycles. The van der Waals surface area contributed by atoms with E-state index in [0.29, 0.717) is 0 Å². The molecule has 0 amide bonds. The monoisotopic (exact) mass is 338 g/mol. The molecule has 0 aliphatic rings. The van der Waals surface area contributed by atoms with Gasteiger partial charge in [-0.05, 0) is 27.2 Å². The third-order valence-corrected chi connectivity index (χ3v) is 9.39. The van der Waals surface area contributed by atoms with E-state index in [9.17, 15) is 13.2 Å². The molecule has 0 heterocycles. The fourth-order valence-electron chi connectivity index (χ4n) is 1.84. The molecule has 0 atom stereocenters. The van der Waals surface area contributed by atoms with Crippen LogP contribution in [0.2, 0.25) is 0 Å². The maximum Gasteiger partial charge on any atom is 0.485 e. The quantitative estimate of drug-likeness (QED) is 0.301. The Morgan fingerprint density at radius 2 is 1.30 bits per heavy atom. The Kier molecular flexibility index (Phi) is 11.2. The van der Waals surface area contributed by atoms with Crippen LogP contribution in [-0.4, -0.2) is 43.1 Å². The minimum absolute atomic E-state index is 0.469. The third-order valence-electron chi connectivity index (χ3n) is 3.53. The second kappa shape index (κ2) is 9.96. The van der Waals surface area contributed by atoms with Gasteiger partial charge < -0.3 is 4.55 Å². The third kappa shape index (κ3) is 9.14. The summed E-state index contributed by atoms with van der Waals surface area (Å²) in [5, 5.41) is 0. The van der Waals surface area contributed by atoms with E-state index < -0.39 is 22.9 Å². The Bertz CT molecular complexity index is 330. The second-order valence-electron chi connectivity index (χ2n) is 4.62. The van der Waals surface area contributed by atoms with Crippen molar-refractivity contribution < 1.29 is 26.1 Å². The molecule has 0 rings (SSSR count). The van der Waals surface area contributed by atoms with Crippen molar-refractivity contribution in [2.24, 2.45) is 0 Å².